The van der Waals surface area contributed by atoms with Gasteiger partial charge < -0.3 is 0 Å². The third-order valence-electron chi connectivity index (χ3n) is 18.3. The van der Waals surface area contributed by atoms with Gasteiger partial charge in [0.15, 0.2) is 0 Å². The van der Waals surface area contributed by atoms with Crippen LogP contribution in [0.25, 0.3) is 187 Å². The highest BCUT2D eigenvalue weighted by molar-refractivity contribution is 6.33. The topological polar surface area (TPSA) is 0 Å². The number of hydrogen-bond donors (Lipinski definition) is 0. The summed E-state index contributed by atoms with van der Waals surface area (Å²) in [6.45, 7) is 0. The summed E-state index contributed by atoms with van der Waals surface area (Å²) in [6.07, 6.45) is 0. The molecular weight excluding hydrogens is 985 g/mol. The van der Waals surface area contributed by atoms with Gasteiger partial charge in [-0.05, 0) is 223 Å². The highest BCUT2D eigenvalue weighted by Gasteiger charge is 2.29. The molecule has 0 saturated heterocycles. The van der Waals surface area contributed by atoms with Crippen molar-refractivity contribution in [3.05, 3.63) is 291 Å². The minimum absolute atomic E-state index is 1.21. The number of benzene rings is 16. The minimum atomic E-state index is 1.21. The van der Waals surface area contributed by atoms with E-state index >= 15 is 0 Å². The van der Waals surface area contributed by atoms with Crippen molar-refractivity contribution in [2.24, 2.45) is 0 Å². The van der Waals surface area contributed by atoms with Crippen LogP contribution in [0.5, 0.6) is 0 Å². The molecule has 0 nitrogen and oxygen atoms in total. The smallest absolute Gasteiger partial charge is 0.00137 e. The molecule has 16 aromatic rings. The van der Waals surface area contributed by atoms with E-state index in [1.54, 1.807) is 0 Å². The maximum atomic E-state index is 2.53. The van der Waals surface area contributed by atoms with E-state index in [-0.39, 0.29) is 0 Å². The average molecular weight is 1030 g/mol. The van der Waals surface area contributed by atoms with Gasteiger partial charge >= 0.3 is 0 Å². The van der Waals surface area contributed by atoms with Crippen LogP contribution in [0.2, 0.25) is 0 Å². The molecule has 0 heteroatoms. The van der Waals surface area contributed by atoms with E-state index in [2.05, 4.69) is 291 Å². The second-order valence-corrected chi connectivity index (χ2v) is 22.5. The van der Waals surface area contributed by atoms with E-state index in [1.165, 1.54) is 187 Å². The van der Waals surface area contributed by atoms with Crippen molar-refractivity contribution >= 4 is 75.4 Å². The standard InChI is InChI=1S/C82H48/c1-5-19-49(20-6-1)53-35-37-63-69(43-53)71(45-75-67-41-39-55(51-23-9-3-10-24-51)79-65-29-15-13-27-61(65)77(81(67)79)47-73(63)75)59-33-17-32-58-57(59)31-18-34-60(58)72-46-76-68-42-40-56(52-25-11-4-12-26-52)80-66-30-16-14-28-62(66)78(82(68)80)48-74(76)64-38-36-54(44-70(64)72)50-21-7-2-8-22-50/h1-48H. The zero-order valence-electron chi connectivity index (χ0n) is 44.7. The molecule has 16 aromatic carbocycles. The van der Waals surface area contributed by atoms with Gasteiger partial charge in [-0.3, -0.25) is 0 Å². The normalized spacial score (nSPS) is 12.1. The van der Waals surface area contributed by atoms with Crippen molar-refractivity contribution in [2.75, 3.05) is 0 Å². The molecular formula is C82H48. The van der Waals surface area contributed by atoms with Crippen molar-refractivity contribution in [3.8, 4) is 111 Å². The Balaban J connectivity index is 0.923. The monoisotopic (exact) mass is 1030 g/mol. The van der Waals surface area contributed by atoms with Crippen molar-refractivity contribution < 1.29 is 0 Å². The van der Waals surface area contributed by atoms with Crippen molar-refractivity contribution in [2.45, 2.75) is 0 Å². The predicted octanol–water partition coefficient (Wildman–Crippen LogP) is 23.1. The van der Waals surface area contributed by atoms with E-state index in [1.807, 2.05) is 0 Å². The summed E-state index contributed by atoms with van der Waals surface area (Å²) < 4.78 is 0. The molecule has 0 amide bonds. The van der Waals surface area contributed by atoms with Gasteiger partial charge in [-0.15, -0.1) is 0 Å². The van der Waals surface area contributed by atoms with E-state index in [0.717, 1.165) is 0 Å². The van der Waals surface area contributed by atoms with Crippen molar-refractivity contribution in [3.63, 3.8) is 0 Å². The van der Waals surface area contributed by atoms with Gasteiger partial charge in [0.2, 0.25) is 0 Å². The third kappa shape index (κ3) is 6.49. The average Bonchev–Trinajstić information content (AvgIpc) is 1.87. The summed E-state index contributed by atoms with van der Waals surface area (Å²) >= 11 is 0. The molecule has 2 aliphatic rings. The van der Waals surface area contributed by atoms with Crippen LogP contribution in [0, 0.1) is 0 Å². The van der Waals surface area contributed by atoms with Crippen LogP contribution in [0.4, 0.5) is 0 Å². The summed E-state index contributed by atoms with van der Waals surface area (Å²) in [5.41, 5.74) is 25.2. The SMILES string of the molecule is c1ccc(-c2ccc3c(c2)c(-c2cccc4c(-c5cc6c7ccc(-c8ccccc8)c8c7c(cc6c6ccc(-c7ccccc7)cc56)-c5ccccc5-8)cccc24)cc2c4ccc(-c5ccccc5)c5c4c(cc32)-c2ccccc2-5)cc1. The van der Waals surface area contributed by atoms with Crippen LogP contribution >= 0.6 is 0 Å². The van der Waals surface area contributed by atoms with Gasteiger partial charge in [-0.25, -0.2) is 0 Å². The second kappa shape index (κ2) is 17.4. The Morgan fingerprint density at radius 2 is 0.451 bits per heavy atom. The first-order chi connectivity index (χ1) is 40.7. The lowest BCUT2D eigenvalue weighted by Gasteiger charge is -2.19. The predicted molar refractivity (Wildman–Crippen MR) is 350 cm³/mol. The molecule has 0 fully saturated rings. The highest BCUT2D eigenvalue weighted by atomic mass is 14.3. The number of hydrogen-bond acceptors (Lipinski definition) is 0. The molecule has 0 N–H and O–H groups in total. The molecule has 0 bridgehead atoms. The Bertz CT molecular complexity index is 5060. The van der Waals surface area contributed by atoms with Crippen LogP contribution in [-0.4, -0.2) is 0 Å². The highest BCUT2D eigenvalue weighted by Crippen LogP contribution is 2.57. The van der Waals surface area contributed by atoms with Gasteiger partial charge in [-0.2, -0.15) is 0 Å². The maximum absolute atomic E-state index is 2.53. The molecule has 0 heterocycles. The molecule has 0 unspecified atom stereocenters. The summed E-state index contributed by atoms with van der Waals surface area (Å²) in [5, 5.41) is 17.8. The molecule has 0 aliphatic heterocycles. The maximum Gasteiger partial charge on any atom is -0.00137 e. The van der Waals surface area contributed by atoms with Gasteiger partial charge in [0.1, 0.15) is 0 Å². The van der Waals surface area contributed by atoms with Crippen molar-refractivity contribution in [1.82, 2.24) is 0 Å². The molecule has 0 aromatic heterocycles. The number of fused-ring (bicyclic) bond motifs is 15. The van der Waals surface area contributed by atoms with Crippen LogP contribution in [0.3, 0.4) is 0 Å². The van der Waals surface area contributed by atoms with Gasteiger partial charge in [0.05, 0.1) is 0 Å². The van der Waals surface area contributed by atoms with E-state index in [4.69, 9.17) is 0 Å². The first-order valence-electron chi connectivity index (χ1n) is 28.6. The first kappa shape index (κ1) is 45.2. The molecule has 82 heavy (non-hydrogen) atoms. The van der Waals surface area contributed by atoms with Gasteiger partial charge in [0.25, 0.3) is 0 Å². The molecule has 0 saturated carbocycles. The minimum Gasteiger partial charge on any atom is -0.0622 e. The summed E-state index contributed by atoms with van der Waals surface area (Å²) in [4.78, 5) is 0. The van der Waals surface area contributed by atoms with Gasteiger partial charge in [-0.1, -0.05) is 255 Å². The zero-order chi connectivity index (χ0) is 53.6. The Morgan fingerprint density at radius 1 is 0.122 bits per heavy atom. The van der Waals surface area contributed by atoms with E-state index in [9.17, 15) is 0 Å². The third-order valence-corrected chi connectivity index (χ3v) is 18.3. The molecule has 0 atom stereocenters. The second-order valence-electron chi connectivity index (χ2n) is 22.5. The zero-order valence-corrected chi connectivity index (χ0v) is 44.7. The van der Waals surface area contributed by atoms with Crippen LogP contribution in [0.15, 0.2) is 291 Å². The van der Waals surface area contributed by atoms with Crippen LogP contribution in [-0.2, 0) is 0 Å². The lowest BCUT2D eigenvalue weighted by Crippen LogP contribution is -1.92. The molecule has 0 spiro atoms. The summed E-state index contributed by atoms with van der Waals surface area (Å²) in [6, 6.07) is 110. The Kier molecular flexibility index (Phi) is 9.61. The summed E-state index contributed by atoms with van der Waals surface area (Å²) in [7, 11) is 0. The Morgan fingerprint density at radius 3 is 0.866 bits per heavy atom. The molecule has 18 rings (SSSR count). The number of rotatable bonds is 6. The fraction of sp³-hybridized carbons (Fsp3) is 0. The molecule has 376 valence electrons. The van der Waals surface area contributed by atoms with Crippen LogP contribution < -0.4 is 0 Å². The Hall–Kier alpha value is -10.7. The quantitative estimate of drug-likeness (QED) is 0.146. The summed E-state index contributed by atoms with van der Waals surface area (Å²) in [5.74, 6) is 0. The van der Waals surface area contributed by atoms with Crippen LogP contribution in [0.1, 0.15) is 0 Å². The molecule has 0 radical (unpaired) electrons. The van der Waals surface area contributed by atoms with Crippen molar-refractivity contribution in [1.29, 1.82) is 0 Å². The van der Waals surface area contributed by atoms with E-state index < -0.39 is 0 Å². The lowest BCUT2D eigenvalue weighted by atomic mass is 9.84. The fourth-order valence-electron chi connectivity index (χ4n) is 14.7. The van der Waals surface area contributed by atoms with Gasteiger partial charge in [0, 0.05) is 0 Å². The molecule has 2 aliphatic carbocycles. The largest absolute Gasteiger partial charge is 0.0622 e. The fourth-order valence-corrected chi connectivity index (χ4v) is 14.7. The van der Waals surface area contributed by atoms with E-state index in [0.29, 0.717) is 0 Å². The first-order valence-corrected chi connectivity index (χ1v) is 28.6. The lowest BCUT2D eigenvalue weighted by molar-refractivity contribution is 1.64. The Labute approximate surface area is 475 Å².